The first-order chi connectivity index (χ1) is 6.91. The van der Waals surface area contributed by atoms with Crippen LogP contribution in [0.25, 0.3) is 0 Å². The van der Waals surface area contributed by atoms with Gasteiger partial charge in [-0.15, -0.1) is 0 Å². The highest BCUT2D eigenvalue weighted by Gasteiger charge is 2.47. The molecule has 1 fully saturated rings. The molecule has 1 aliphatic carbocycles. The summed E-state index contributed by atoms with van der Waals surface area (Å²) in [7, 11) is 2.00. The van der Waals surface area contributed by atoms with Gasteiger partial charge in [-0.05, 0) is 39.2 Å². The fourth-order valence-corrected chi connectivity index (χ4v) is 1.89. The molecular formula is C11H23N3O. The second-order valence-corrected chi connectivity index (χ2v) is 4.85. The molecule has 4 N–H and O–H groups in total. The van der Waals surface area contributed by atoms with E-state index in [4.69, 9.17) is 11.5 Å². The molecule has 2 atom stereocenters. The van der Waals surface area contributed by atoms with E-state index in [1.807, 2.05) is 7.05 Å². The minimum atomic E-state index is -0.821. The first-order valence-corrected chi connectivity index (χ1v) is 5.70. The van der Waals surface area contributed by atoms with Crippen molar-refractivity contribution in [3.05, 3.63) is 0 Å². The van der Waals surface area contributed by atoms with Gasteiger partial charge in [-0.3, -0.25) is 4.79 Å². The average molecular weight is 213 g/mol. The Bertz CT molecular complexity index is 240. The zero-order chi connectivity index (χ0) is 11.6. The van der Waals surface area contributed by atoms with Crippen LogP contribution >= 0.6 is 0 Å². The summed E-state index contributed by atoms with van der Waals surface area (Å²) in [6.07, 6.45) is 3.12. The predicted molar refractivity (Wildman–Crippen MR) is 61.2 cm³/mol. The van der Waals surface area contributed by atoms with Crippen molar-refractivity contribution in [1.82, 2.24) is 4.90 Å². The molecule has 15 heavy (non-hydrogen) atoms. The van der Waals surface area contributed by atoms with Crippen LogP contribution in [0.15, 0.2) is 0 Å². The number of hydrogen-bond acceptors (Lipinski definition) is 3. The highest BCUT2D eigenvalue weighted by Crippen LogP contribution is 2.38. The van der Waals surface area contributed by atoms with Crippen LogP contribution in [0, 0.1) is 5.92 Å². The fraction of sp³-hybridized carbons (Fsp3) is 0.909. The molecule has 2 unspecified atom stereocenters. The maximum Gasteiger partial charge on any atom is 0.239 e. The zero-order valence-corrected chi connectivity index (χ0v) is 9.99. The summed E-state index contributed by atoms with van der Waals surface area (Å²) in [5.41, 5.74) is 10.7. The van der Waals surface area contributed by atoms with Crippen LogP contribution in [0.4, 0.5) is 0 Å². The molecule has 0 saturated heterocycles. The molecule has 0 aromatic heterocycles. The van der Waals surface area contributed by atoms with E-state index in [9.17, 15) is 4.79 Å². The highest BCUT2D eigenvalue weighted by molar-refractivity contribution is 5.85. The Kier molecular flexibility index (Phi) is 3.73. The zero-order valence-electron chi connectivity index (χ0n) is 9.99. The van der Waals surface area contributed by atoms with Gasteiger partial charge in [0.05, 0.1) is 0 Å². The summed E-state index contributed by atoms with van der Waals surface area (Å²) in [6, 6.07) is 0.436. The quantitative estimate of drug-likeness (QED) is 0.667. The first kappa shape index (κ1) is 12.5. The number of nitrogens with two attached hydrogens (primary N) is 2. The van der Waals surface area contributed by atoms with Gasteiger partial charge in [-0.2, -0.15) is 0 Å². The van der Waals surface area contributed by atoms with Crippen molar-refractivity contribution in [2.24, 2.45) is 17.4 Å². The minimum Gasteiger partial charge on any atom is -0.368 e. The van der Waals surface area contributed by atoms with Gasteiger partial charge in [0.2, 0.25) is 5.91 Å². The summed E-state index contributed by atoms with van der Waals surface area (Å²) in [5.74, 6) is -0.0679. The SMILES string of the molecule is CCC(C)N(C)CC(N)(C(N)=O)C1CC1. The van der Waals surface area contributed by atoms with Crippen LogP contribution in [0.1, 0.15) is 33.1 Å². The molecule has 1 aliphatic rings. The molecule has 0 aliphatic heterocycles. The van der Waals surface area contributed by atoms with Crippen molar-refractivity contribution in [3.63, 3.8) is 0 Å². The van der Waals surface area contributed by atoms with E-state index in [2.05, 4.69) is 18.7 Å². The number of amides is 1. The number of primary amides is 1. The van der Waals surface area contributed by atoms with Crippen molar-refractivity contribution in [1.29, 1.82) is 0 Å². The van der Waals surface area contributed by atoms with E-state index in [1.165, 1.54) is 0 Å². The molecule has 1 saturated carbocycles. The molecule has 0 radical (unpaired) electrons. The Balaban J connectivity index is 2.62. The van der Waals surface area contributed by atoms with E-state index in [0.717, 1.165) is 19.3 Å². The Labute approximate surface area is 92.0 Å². The van der Waals surface area contributed by atoms with Crippen LogP contribution in [0.2, 0.25) is 0 Å². The largest absolute Gasteiger partial charge is 0.368 e. The lowest BCUT2D eigenvalue weighted by molar-refractivity contribution is -0.124. The Hall–Kier alpha value is -0.610. The van der Waals surface area contributed by atoms with Gasteiger partial charge >= 0.3 is 0 Å². The van der Waals surface area contributed by atoms with Gasteiger partial charge in [-0.1, -0.05) is 6.92 Å². The molecule has 1 rings (SSSR count). The van der Waals surface area contributed by atoms with Gasteiger partial charge < -0.3 is 16.4 Å². The van der Waals surface area contributed by atoms with Crippen molar-refractivity contribution in [2.45, 2.75) is 44.7 Å². The summed E-state index contributed by atoms with van der Waals surface area (Å²) in [4.78, 5) is 13.5. The second-order valence-electron chi connectivity index (χ2n) is 4.85. The van der Waals surface area contributed by atoms with E-state index in [0.29, 0.717) is 18.5 Å². The lowest BCUT2D eigenvalue weighted by atomic mass is 9.92. The van der Waals surface area contributed by atoms with Crippen LogP contribution in [0.5, 0.6) is 0 Å². The summed E-state index contributed by atoms with van der Waals surface area (Å²) in [5, 5.41) is 0. The predicted octanol–water partition coefficient (Wildman–Crippen LogP) is 0.310. The lowest BCUT2D eigenvalue weighted by Crippen LogP contribution is -2.61. The third-order valence-corrected chi connectivity index (χ3v) is 3.62. The van der Waals surface area contributed by atoms with Gasteiger partial charge in [0.25, 0.3) is 0 Å². The number of carbonyl (C=O) groups excluding carboxylic acids is 1. The molecular weight excluding hydrogens is 190 g/mol. The lowest BCUT2D eigenvalue weighted by Gasteiger charge is -2.34. The molecule has 88 valence electrons. The number of hydrogen-bond donors (Lipinski definition) is 2. The second kappa shape index (κ2) is 4.49. The molecule has 4 nitrogen and oxygen atoms in total. The van der Waals surface area contributed by atoms with Gasteiger partial charge in [-0.25, -0.2) is 0 Å². The standard InChI is InChI=1S/C11H23N3O/c1-4-8(2)14(3)7-11(13,10(12)15)9-5-6-9/h8-9H,4-7,13H2,1-3H3,(H2,12,15). The van der Waals surface area contributed by atoms with Crippen LogP contribution in [-0.4, -0.2) is 36.0 Å². The molecule has 0 aromatic rings. The maximum absolute atomic E-state index is 11.4. The normalized spacial score (nSPS) is 22.5. The van der Waals surface area contributed by atoms with E-state index in [-0.39, 0.29) is 5.91 Å². The van der Waals surface area contributed by atoms with Crippen molar-refractivity contribution >= 4 is 5.91 Å². The first-order valence-electron chi connectivity index (χ1n) is 5.70. The Morgan fingerprint density at radius 2 is 2.13 bits per heavy atom. The van der Waals surface area contributed by atoms with E-state index in [1.54, 1.807) is 0 Å². The Morgan fingerprint density at radius 3 is 2.47 bits per heavy atom. The van der Waals surface area contributed by atoms with Gasteiger partial charge in [0, 0.05) is 12.6 Å². The summed E-state index contributed by atoms with van der Waals surface area (Å²) in [6.45, 7) is 4.83. The smallest absolute Gasteiger partial charge is 0.239 e. The number of nitrogens with zero attached hydrogens (tertiary/aromatic N) is 1. The van der Waals surface area contributed by atoms with Gasteiger partial charge in [0.1, 0.15) is 5.54 Å². The van der Waals surface area contributed by atoms with E-state index < -0.39 is 5.54 Å². The number of carbonyl (C=O) groups is 1. The number of likely N-dealkylation sites (N-methyl/N-ethyl adjacent to an activating group) is 1. The maximum atomic E-state index is 11.4. The fourth-order valence-electron chi connectivity index (χ4n) is 1.89. The average Bonchev–Trinajstić information content (AvgIpc) is 2.99. The van der Waals surface area contributed by atoms with E-state index >= 15 is 0 Å². The van der Waals surface area contributed by atoms with Crippen molar-refractivity contribution in [2.75, 3.05) is 13.6 Å². The molecule has 4 heteroatoms. The third-order valence-electron chi connectivity index (χ3n) is 3.62. The number of rotatable bonds is 6. The molecule has 0 heterocycles. The van der Waals surface area contributed by atoms with Crippen LogP contribution in [0.3, 0.4) is 0 Å². The minimum absolute atomic E-state index is 0.293. The monoisotopic (exact) mass is 213 g/mol. The van der Waals surface area contributed by atoms with Gasteiger partial charge in [0.15, 0.2) is 0 Å². The summed E-state index contributed by atoms with van der Waals surface area (Å²) < 4.78 is 0. The molecule has 0 spiro atoms. The van der Waals surface area contributed by atoms with Crippen LogP contribution in [-0.2, 0) is 4.79 Å². The highest BCUT2D eigenvalue weighted by atomic mass is 16.1. The molecule has 0 aromatic carbocycles. The molecule has 1 amide bonds. The van der Waals surface area contributed by atoms with Crippen molar-refractivity contribution < 1.29 is 4.79 Å². The third kappa shape index (κ3) is 2.69. The topological polar surface area (TPSA) is 72.3 Å². The molecule has 0 bridgehead atoms. The van der Waals surface area contributed by atoms with Crippen LogP contribution < -0.4 is 11.5 Å². The Morgan fingerprint density at radius 1 is 1.60 bits per heavy atom. The summed E-state index contributed by atoms with van der Waals surface area (Å²) >= 11 is 0. The van der Waals surface area contributed by atoms with Crippen molar-refractivity contribution in [3.8, 4) is 0 Å².